The van der Waals surface area contributed by atoms with Crippen molar-refractivity contribution in [3.8, 4) is 17.2 Å². The van der Waals surface area contributed by atoms with Crippen molar-refractivity contribution in [2.45, 2.75) is 5.75 Å². The normalized spacial score (nSPS) is 10.2. The molecule has 7 heteroatoms. The molecule has 25 heavy (non-hydrogen) atoms. The minimum atomic E-state index is -1.08. The highest BCUT2D eigenvalue weighted by Crippen LogP contribution is 2.36. The van der Waals surface area contributed by atoms with Crippen molar-refractivity contribution in [2.24, 2.45) is 0 Å². The number of carboxylic acids is 1. The second kappa shape index (κ2) is 8.43. The van der Waals surface area contributed by atoms with Crippen molar-refractivity contribution in [1.82, 2.24) is 0 Å². The molecule has 6 nitrogen and oxygen atoms in total. The molecule has 0 aromatic heterocycles. The summed E-state index contributed by atoms with van der Waals surface area (Å²) < 4.78 is 15.9. The molecule has 0 aliphatic heterocycles. The zero-order valence-electron chi connectivity index (χ0n) is 14.1. The Morgan fingerprint density at radius 2 is 1.76 bits per heavy atom. The first-order valence-electron chi connectivity index (χ1n) is 7.30. The molecule has 0 heterocycles. The van der Waals surface area contributed by atoms with Crippen molar-refractivity contribution >= 4 is 23.7 Å². The summed E-state index contributed by atoms with van der Waals surface area (Å²) in [5.74, 6) is -0.444. The van der Waals surface area contributed by atoms with Gasteiger partial charge in [0.05, 0.1) is 19.8 Å². The number of thioether (sulfide) groups is 1. The van der Waals surface area contributed by atoms with Gasteiger partial charge in [-0.25, -0.2) is 9.59 Å². The van der Waals surface area contributed by atoms with E-state index in [1.807, 2.05) is 6.26 Å². The molecular weight excluding hydrogens is 344 g/mol. The summed E-state index contributed by atoms with van der Waals surface area (Å²) in [5, 5.41) is 9.23. The number of hydrogen-bond donors (Lipinski definition) is 1. The molecule has 1 N–H and O–H groups in total. The van der Waals surface area contributed by atoms with Crippen LogP contribution in [0.5, 0.6) is 17.2 Å². The molecule has 2 aromatic rings. The lowest BCUT2D eigenvalue weighted by molar-refractivity contribution is 0.0696. The lowest BCUT2D eigenvalue weighted by Gasteiger charge is -2.15. The van der Waals surface area contributed by atoms with E-state index in [4.69, 9.17) is 14.2 Å². The number of ether oxygens (including phenoxy) is 3. The van der Waals surface area contributed by atoms with Gasteiger partial charge in [-0.15, -0.1) is 0 Å². The second-order valence-electron chi connectivity index (χ2n) is 4.99. The molecule has 0 amide bonds. The molecule has 0 aliphatic carbocycles. The Kier molecular flexibility index (Phi) is 6.30. The van der Waals surface area contributed by atoms with Crippen LogP contribution in [0.1, 0.15) is 26.3 Å². The fourth-order valence-electron chi connectivity index (χ4n) is 2.27. The lowest BCUT2D eigenvalue weighted by Crippen LogP contribution is -2.13. The number of benzene rings is 2. The monoisotopic (exact) mass is 362 g/mol. The minimum absolute atomic E-state index is 0.0676. The number of aromatic carboxylic acids is 1. The average molecular weight is 362 g/mol. The third kappa shape index (κ3) is 4.24. The molecule has 0 radical (unpaired) electrons. The van der Waals surface area contributed by atoms with Crippen LogP contribution in [0.15, 0.2) is 36.4 Å². The Morgan fingerprint density at radius 1 is 1.08 bits per heavy atom. The van der Waals surface area contributed by atoms with Crippen LogP contribution < -0.4 is 14.2 Å². The Bertz CT molecular complexity index is 787. The second-order valence-corrected chi connectivity index (χ2v) is 5.86. The molecule has 132 valence electrons. The maximum absolute atomic E-state index is 12.6. The van der Waals surface area contributed by atoms with Gasteiger partial charge in [0.1, 0.15) is 11.3 Å². The summed E-state index contributed by atoms with van der Waals surface area (Å²) in [5.41, 5.74) is 0.898. The van der Waals surface area contributed by atoms with Crippen molar-refractivity contribution in [3.63, 3.8) is 0 Å². The van der Waals surface area contributed by atoms with Crippen LogP contribution in [-0.4, -0.2) is 37.5 Å². The van der Waals surface area contributed by atoms with Crippen molar-refractivity contribution < 1.29 is 28.9 Å². The van der Waals surface area contributed by atoms with Crippen molar-refractivity contribution in [2.75, 3.05) is 20.5 Å². The first-order valence-corrected chi connectivity index (χ1v) is 8.69. The highest BCUT2D eigenvalue weighted by atomic mass is 32.2. The first-order chi connectivity index (χ1) is 12.0. The van der Waals surface area contributed by atoms with E-state index in [9.17, 15) is 14.7 Å². The summed E-state index contributed by atoms with van der Waals surface area (Å²) in [4.78, 5) is 23.8. The number of carbonyl (C=O) groups excluding carboxylic acids is 1. The molecular formula is C18H18O6S. The maximum atomic E-state index is 12.6. The van der Waals surface area contributed by atoms with Gasteiger partial charge in [0, 0.05) is 11.3 Å². The van der Waals surface area contributed by atoms with E-state index in [-0.39, 0.29) is 22.6 Å². The van der Waals surface area contributed by atoms with Crippen LogP contribution >= 0.6 is 11.8 Å². The highest BCUT2D eigenvalue weighted by molar-refractivity contribution is 7.97. The Hall–Kier alpha value is -2.67. The van der Waals surface area contributed by atoms with Gasteiger partial charge in [-0.1, -0.05) is 12.1 Å². The largest absolute Gasteiger partial charge is 0.496 e. The van der Waals surface area contributed by atoms with Crippen molar-refractivity contribution in [3.05, 3.63) is 53.1 Å². The van der Waals surface area contributed by atoms with E-state index in [0.717, 1.165) is 0 Å². The Labute approximate surface area is 149 Å². The number of para-hydroxylation sites is 1. The van der Waals surface area contributed by atoms with Crippen LogP contribution in [0.2, 0.25) is 0 Å². The molecule has 0 atom stereocenters. The molecule has 0 unspecified atom stereocenters. The predicted molar refractivity (Wildman–Crippen MR) is 95.1 cm³/mol. The van der Waals surface area contributed by atoms with Crippen LogP contribution in [-0.2, 0) is 5.75 Å². The van der Waals surface area contributed by atoms with Gasteiger partial charge in [-0.2, -0.15) is 11.8 Å². The molecule has 0 spiro atoms. The predicted octanol–water partition coefficient (Wildman–Crippen LogP) is 3.48. The van der Waals surface area contributed by atoms with E-state index in [0.29, 0.717) is 17.1 Å². The van der Waals surface area contributed by atoms with Gasteiger partial charge in [0.25, 0.3) is 0 Å². The zero-order valence-corrected chi connectivity index (χ0v) is 14.9. The zero-order chi connectivity index (χ0) is 18.4. The Balaban J connectivity index is 2.46. The summed E-state index contributed by atoms with van der Waals surface area (Å²) in [6.07, 6.45) is 1.87. The quantitative estimate of drug-likeness (QED) is 0.596. The van der Waals surface area contributed by atoms with Crippen LogP contribution in [0, 0.1) is 0 Å². The van der Waals surface area contributed by atoms with E-state index in [2.05, 4.69) is 0 Å². The van der Waals surface area contributed by atoms with Gasteiger partial charge in [-0.3, -0.25) is 0 Å². The standard InChI is InChI=1S/C18H18O6S/c1-22-14-7-5-4-6-13(14)18(21)24-16-12(10-25-3)8-11(17(19)20)9-15(16)23-2/h4-9H,10H2,1-3H3,(H,19,20). The number of carboxylic acid groups (broad SMARTS) is 1. The summed E-state index contributed by atoms with van der Waals surface area (Å²) in [6.45, 7) is 0. The van der Waals surface area contributed by atoms with E-state index >= 15 is 0 Å². The fourth-order valence-corrected chi connectivity index (χ4v) is 2.80. The molecule has 2 rings (SSSR count). The number of carbonyl (C=O) groups is 2. The van der Waals surface area contributed by atoms with Crippen molar-refractivity contribution in [1.29, 1.82) is 0 Å². The van der Waals surface area contributed by atoms with Gasteiger partial charge < -0.3 is 19.3 Å². The summed E-state index contributed by atoms with van der Waals surface area (Å²) >= 11 is 1.47. The number of rotatable bonds is 7. The van der Waals surface area contributed by atoms with E-state index in [1.165, 1.54) is 38.1 Å². The third-order valence-corrected chi connectivity index (χ3v) is 4.02. The van der Waals surface area contributed by atoms with Crippen LogP contribution in [0.4, 0.5) is 0 Å². The van der Waals surface area contributed by atoms with Gasteiger partial charge in [-0.05, 0) is 30.5 Å². The minimum Gasteiger partial charge on any atom is -0.496 e. The molecule has 2 aromatic carbocycles. The number of methoxy groups -OCH3 is 2. The van der Waals surface area contributed by atoms with E-state index in [1.54, 1.807) is 24.3 Å². The third-order valence-electron chi connectivity index (χ3n) is 3.42. The highest BCUT2D eigenvalue weighted by Gasteiger charge is 2.21. The average Bonchev–Trinajstić information content (AvgIpc) is 2.62. The first kappa shape index (κ1) is 18.7. The molecule has 0 saturated carbocycles. The maximum Gasteiger partial charge on any atom is 0.347 e. The topological polar surface area (TPSA) is 82.1 Å². The summed E-state index contributed by atoms with van der Waals surface area (Å²) in [7, 11) is 2.86. The molecule has 0 fully saturated rings. The van der Waals surface area contributed by atoms with Crippen LogP contribution in [0.25, 0.3) is 0 Å². The fraction of sp³-hybridized carbons (Fsp3) is 0.222. The summed E-state index contributed by atoms with van der Waals surface area (Å²) in [6, 6.07) is 9.50. The van der Waals surface area contributed by atoms with Gasteiger partial charge >= 0.3 is 11.9 Å². The van der Waals surface area contributed by atoms with Gasteiger partial charge in [0.2, 0.25) is 0 Å². The lowest BCUT2D eigenvalue weighted by atomic mass is 10.1. The SMILES string of the molecule is COc1ccccc1C(=O)Oc1c(CSC)cc(C(=O)O)cc1OC. The number of hydrogen-bond acceptors (Lipinski definition) is 6. The smallest absolute Gasteiger partial charge is 0.347 e. The molecule has 0 aliphatic rings. The number of esters is 1. The molecule has 0 bridgehead atoms. The van der Waals surface area contributed by atoms with Crippen LogP contribution in [0.3, 0.4) is 0 Å². The molecule has 0 saturated heterocycles. The van der Waals surface area contributed by atoms with Gasteiger partial charge in [0.15, 0.2) is 11.5 Å². The van der Waals surface area contributed by atoms with E-state index < -0.39 is 11.9 Å². The Morgan fingerprint density at radius 3 is 2.36 bits per heavy atom.